The summed E-state index contributed by atoms with van der Waals surface area (Å²) in [4.78, 5) is 40.2. The topological polar surface area (TPSA) is 57.7 Å². The van der Waals surface area contributed by atoms with Crippen molar-refractivity contribution in [2.75, 3.05) is 19.6 Å². The van der Waals surface area contributed by atoms with Gasteiger partial charge in [0.25, 0.3) is 11.8 Å². The molecule has 0 bridgehead atoms. The fourth-order valence-electron chi connectivity index (χ4n) is 3.60. The van der Waals surface area contributed by atoms with E-state index in [0.29, 0.717) is 30.1 Å². The number of likely N-dealkylation sites (tertiary alicyclic amines) is 1. The van der Waals surface area contributed by atoms with Crippen LogP contribution in [0.4, 0.5) is 0 Å². The molecule has 0 radical (unpaired) electrons. The van der Waals surface area contributed by atoms with Crippen molar-refractivity contribution in [3.05, 3.63) is 71.3 Å². The van der Waals surface area contributed by atoms with Crippen LogP contribution >= 0.6 is 0 Å². The summed E-state index contributed by atoms with van der Waals surface area (Å²) in [6.07, 6.45) is 0.901. The monoisotopic (exact) mass is 334 g/mol. The Morgan fingerprint density at radius 1 is 0.920 bits per heavy atom. The van der Waals surface area contributed by atoms with Gasteiger partial charge in [-0.1, -0.05) is 42.5 Å². The first-order valence-corrected chi connectivity index (χ1v) is 8.43. The lowest BCUT2D eigenvalue weighted by Crippen LogP contribution is -2.41. The Balaban J connectivity index is 1.44. The Hall–Kier alpha value is -2.95. The van der Waals surface area contributed by atoms with E-state index in [1.165, 1.54) is 5.56 Å². The number of fused-ring (bicyclic) bond motifs is 1. The van der Waals surface area contributed by atoms with Crippen LogP contribution in [0.25, 0.3) is 0 Å². The average Bonchev–Trinajstić information content (AvgIpc) is 3.23. The van der Waals surface area contributed by atoms with Crippen LogP contribution in [0.15, 0.2) is 54.6 Å². The van der Waals surface area contributed by atoms with Crippen LogP contribution in [0.3, 0.4) is 0 Å². The number of benzene rings is 2. The van der Waals surface area contributed by atoms with Gasteiger partial charge in [-0.15, -0.1) is 0 Å². The number of carbonyl (C=O) groups excluding carboxylic acids is 3. The van der Waals surface area contributed by atoms with E-state index in [1.54, 1.807) is 29.2 Å². The highest BCUT2D eigenvalue weighted by atomic mass is 16.2. The lowest BCUT2D eigenvalue weighted by Gasteiger charge is -2.20. The number of hydrogen-bond donors (Lipinski definition) is 0. The minimum atomic E-state index is -0.382. The van der Waals surface area contributed by atoms with Crippen LogP contribution in [-0.2, 0) is 4.79 Å². The molecule has 0 unspecified atom stereocenters. The molecule has 1 atom stereocenters. The molecular weight excluding hydrogens is 316 g/mol. The average molecular weight is 334 g/mol. The fourth-order valence-corrected chi connectivity index (χ4v) is 3.60. The smallest absolute Gasteiger partial charge is 0.262 e. The van der Waals surface area contributed by atoms with Gasteiger partial charge in [-0.2, -0.15) is 0 Å². The molecule has 0 saturated carbocycles. The second kappa shape index (κ2) is 6.16. The van der Waals surface area contributed by atoms with Crippen LogP contribution in [0.2, 0.25) is 0 Å². The molecule has 0 aliphatic carbocycles. The first-order valence-electron chi connectivity index (χ1n) is 8.43. The number of hydrogen-bond acceptors (Lipinski definition) is 3. The minimum absolute atomic E-state index is 0.173. The predicted octanol–water partition coefficient (Wildman–Crippen LogP) is 2.30. The summed E-state index contributed by atoms with van der Waals surface area (Å²) < 4.78 is 0. The highest BCUT2D eigenvalue weighted by Crippen LogP contribution is 2.28. The maximum absolute atomic E-state index is 12.6. The third kappa shape index (κ3) is 2.71. The van der Waals surface area contributed by atoms with Crippen molar-refractivity contribution in [3.8, 4) is 0 Å². The van der Waals surface area contributed by atoms with Gasteiger partial charge in [0, 0.05) is 19.0 Å². The summed E-state index contributed by atoms with van der Waals surface area (Å²) in [5.41, 5.74) is 1.98. The second-order valence-electron chi connectivity index (χ2n) is 6.48. The van der Waals surface area contributed by atoms with Crippen LogP contribution in [-0.4, -0.2) is 47.2 Å². The van der Waals surface area contributed by atoms with Crippen molar-refractivity contribution in [1.82, 2.24) is 9.80 Å². The molecule has 2 aromatic carbocycles. The van der Waals surface area contributed by atoms with E-state index < -0.39 is 0 Å². The van der Waals surface area contributed by atoms with Crippen molar-refractivity contribution < 1.29 is 14.4 Å². The fraction of sp³-hybridized carbons (Fsp3) is 0.250. The van der Waals surface area contributed by atoms with E-state index >= 15 is 0 Å². The van der Waals surface area contributed by atoms with Crippen molar-refractivity contribution in [2.45, 2.75) is 12.3 Å². The normalized spacial score (nSPS) is 19.4. The Labute approximate surface area is 145 Å². The largest absolute Gasteiger partial charge is 0.341 e. The summed E-state index contributed by atoms with van der Waals surface area (Å²) in [5.74, 6) is -0.624. The molecule has 25 heavy (non-hydrogen) atoms. The van der Waals surface area contributed by atoms with Gasteiger partial charge in [0.05, 0.1) is 11.1 Å². The number of nitrogens with zero attached hydrogens (tertiary/aromatic N) is 2. The number of amides is 3. The zero-order valence-electron chi connectivity index (χ0n) is 13.7. The van der Waals surface area contributed by atoms with Gasteiger partial charge in [-0.3, -0.25) is 19.3 Å². The Morgan fingerprint density at radius 2 is 1.52 bits per heavy atom. The van der Waals surface area contributed by atoms with Gasteiger partial charge in [-0.25, -0.2) is 0 Å². The Morgan fingerprint density at radius 3 is 2.16 bits per heavy atom. The Bertz CT molecular complexity index is 812. The van der Waals surface area contributed by atoms with Crippen LogP contribution in [0, 0.1) is 0 Å². The number of rotatable bonds is 3. The summed E-state index contributed by atoms with van der Waals surface area (Å²) in [6, 6.07) is 16.8. The maximum Gasteiger partial charge on any atom is 0.262 e. The van der Waals surface area contributed by atoms with E-state index in [0.717, 1.165) is 11.3 Å². The summed E-state index contributed by atoms with van der Waals surface area (Å²) in [6.45, 7) is 1.10. The van der Waals surface area contributed by atoms with Crippen LogP contribution in [0.1, 0.15) is 38.6 Å². The molecule has 0 spiro atoms. The van der Waals surface area contributed by atoms with Gasteiger partial charge in [-0.05, 0) is 24.1 Å². The molecule has 5 nitrogen and oxygen atoms in total. The van der Waals surface area contributed by atoms with Gasteiger partial charge < -0.3 is 4.90 Å². The molecule has 5 heteroatoms. The molecule has 3 amide bonds. The second-order valence-corrected chi connectivity index (χ2v) is 6.48. The van der Waals surface area contributed by atoms with E-state index in [9.17, 15) is 14.4 Å². The zero-order valence-corrected chi connectivity index (χ0v) is 13.7. The van der Waals surface area contributed by atoms with Crippen LogP contribution < -0.4 is 0 Å². The first-order chi connectivity index (χ1) is 12.1. The van der Waals surface area contributed by atoms with Gasteiger partial charge >= 0.3 is 0 Å². The van der Waals surface area contributed by atoms with E-state index in [1.807, 2.05) is 18.2 Å². The van der Waals surface area contributed by atoms with Gasteiger partial charge in [0.2, 0.25) is 5.91 Å². The van der Waals surface area contributed by atoms with E-state index in [4.69, 9.17) is 0 Å². The van der Waals surface area contributed by atoms with Crippen molar-refractivity contribution in [2.24, 2.45) is 0 Å². The first kappa shape index (κ1) is 15.6. The number of carbonyl (C=O) groups is 3. The zero-order chi connectivity index (χ0) is 17.4. The third-order valence-corrected chi connectivity index (χ3v) is 4.98. The molecule has 2 aliphatic heterocycles. The molecule has 2 heterocycles. The predicted molar refractivity (Wildman–Crippen MR) is 92.2 cm³/mol. The summed E-state index contributed by atoms with van der Waals surface area (Å²) in [5, 5.41) is 0. The summed E-state index contributed by atoms with van der Waals surface area (Å²) >= 11 is 0. The van der Waals surface area contributed by atoms with Crippen molar-refractivity contribution >= 4 is 17.7 Å². The van der Waals surface area contributed by atoms with E-state index in [2.05, 4.69) is 12.1 Å². The highest BCUT2D eigenvalue weighted by molar-refractivity contribution is 6.22. The van der Waals surface area contributed by atoms with Crippen molar-refractivity contribution in [1.29, 1.82) is 0 Å². The van der Waals surface area contributed by atoms with E-state index in [-0.39, 0.29) is 24.3 Å². The Kier molecular flexibility index (Phi) is 3.84. The van der Waals surface area contributed by atoms with Gasteiger partial charge in [0.15, 0.2) is 0 Å². The van der Waals surface area contributed by atoms with Gasteiger partial charge in [0.1, 0.15) is 6.54 Å². The molecule has 2 aliphatic rings. The maximum atomic E-state index is 12.6. The van der Waals surface area contributed by atoms with Crippen LogP contribution in [0.5, 0.6) is 0 Å². The minimum Gasteiger partial charge on any atom is -0.341 e. The molecular formula is C20H18N2O3. The quantitative estimate of drug-likeness (QED) is 0.809. The van der Waals surface area contributed by atoms with Crippen molar-refractivity contribution in [3.63, 3.8) is 0 Å². The molecule has 1 saturated heterocycles. The lowest BCUT2D eigenvalue weighted by atomic mass is 9.99. The summed E-state index contributed by atoms with van der Waals surface area (Å²) in [7, 11) is 0. The molecule has 2 aromatic rings. The molecule has 0 N–H and O–H groups in total. The molecule has 1 fully saturated rings. The SMILES string of the molecule is O=C(CN1C(=O)c2ccccc2C1=O)N1CC[C@@H](c2ccccc2)C1. The molecule has 4 rings (SSSR count). The molecule has 126 valence electrons. The highest BCUT2D eigenvalue weighted by Gasteiger charge is 2.38. The lowest BCUT2D eigenvalue weighted by molar-refractivity contribution is -0.130. The number of imide groups is 1. The molecule has 0 aromatic heterocycles. The third-order valence-electron chi connectivity index (χ3n) is 4.98. The standard InChI is InChI=1S/C20H18N2O3/c23-18(21-11-10-15(12-21)14-6-2-1-3-7-14)13-22-19(24)16-8-4-5-9-17(16)20(22)25/h1-9,15H,10-13H2/t15-/m1/s1.